The highest BCUT2D eigenvalue weighted by Crippen LogP contribution is 2.19. The molecule has 0 unspecified atom stereocenters. The predicted octanol–water partition coefficient (Wildman–Crippen LogP) is 3.84. The van der Waals surface area contributed by atoms with Crippen LogP contribution in [0.2, 0.25) is 0 Å². The molecule has 1 nitrogen and oxygen atoms in total. The number of hydrogen-bond acceptors (Lipinski definition) is 2. The van der Waals surface area contributed by atoms with E-state index in [2.05, 4.69) is 22.9 Å². The lowest BCUT2D eigenvalue weighted by Gasteiger charge is -2.04. The number of carbonyl (C=O) groups is 1. The molecule has 0 fully saturated rings. The number of halogens is 2. The van der Waals surface area contributed by atoms with E-state index in [9.17, 15) is 9.18 Å². The Bertz CT molecular complexity index is 368. The molecule has 0 aromatic heterocycles. The second kappa shape index (κ2) is 7.07. The monoisotopic (exact) mass is 304 g/mol. The van der Waals surface area contributed by atoms with Gasteiger partial charge in [0.2, 0.25) is 0 Å². The molecule has 0 N–H and O–H groups in total. The molecule has 0 aliphatic heterocycles. The van der Waals surface area contributed by atoms with Crippen LogP contribution in [-0.4, -0.2) is 17.3 Å². The highest BCUT2D eigenvalue weighted by molar-refractivity contribution is 9.10. The van der Waals surface area contributed by atoms with Gasteiger partial charge in [-0.3, -0.25) is 4.79 Å². The molecule has 0 saturated carbocycles. The minimum absolute atomic E-state index is 0.143. The zero-order chi connectivity index (χ0) is 12.0. The Hall–Kier alpha value is -0.350. The van der Waals surface area contributed by atoms with Crippen molar-refractivity contribution < 1.29 is 9.18 Å². The maximum Gasteiger partial charge on any atom is 0.147 e. The summed E-state index contributed by atoms with van der Waals surface area (Å²) >= 11 is 4.95. The van der Waals surface area contributed by atoms with E-state index < -0.39 is 0 Å². The minimum Gasteiger partial charge on any atom is -0.298 e. The molecule has 0 amide bonds. The van der Waals surface area contributed by atoms with Gasteiger partial charge in [-0.2, -0.15) is 11.8 Å². The molecule has 16 heavy (non-hydrogen) atoms. The number of Topliss-reactive ketones (excluding diaryl/α,β-unsaturated/α-hetero) is 1. The Morgan fingerprint density at radius 3 is 2.94 bits per heavy atom. The molecular formula is C12H14BrFOS. The van der Waals surface area contributed by atoms with Gasteiger partial charge in [-0.05, 0) is 35.9 Å². The van der Waals surface area contributed by atoms with Crippen molar-refractivity contribution in [3.05, 3.63) is 34.1 Å². The Labute approximate surface area is 108 Å². The second-order valence-corrected chi connectivity index (χ2v) is 5.46. The van der Waals surface area contributed by atoms with Crippen LogP contribution in [0.5, 0.6) is 0 Å². The fraction of sp³-hybridized carbons (Fsp3) is 0.417. The molecule has 0 bridgehead atoms. The van der Waals surface area contributed by atoms with E-state index in [0.29, 0.717) is 12.2 Å². The SMILES string of the molecule is CCCSCC(=O)Cc1cc(F)ccc1Br. The highest BCUT2D eigenvalue weighted by Gasteiger charge is 2.08. The fourth-order valence-corrected chi connectivity index (χ4v) is 2.42. The van der Waals surface area contributed by atoms with Gasteiger partial charge in [0, 0.05) is 10.9 Å². The smallest absolute Gasteiger partial charge is 0.147 e. The quantitative estimate of drug-likeness (QED) is 0.743. The van der Waals surface area contributed by atoms with Gasteiger partial charge in [0.05, 0.1) is 5.75 Å². The summed E-state index contributed by atoms with van der Waals surface area (Å²) in [4.78, 5) is 11.6. The summed E-state index contributed by atoms with van der Waals surface area (Å²) in [5, 5.41) is 0. The zero-order valence-electron chi connectivity index (χ0n) is 9.13. The lowest BCUT2D eigenvalue weighted by molar-refractivity contribution is -0.116. The maximum absolute atomic E-state index is 13.0. The van der Waals surface area contributed by atoms with Gasteiger partial charge in [-0.15, -0.1) is 0 Å². The normalized spacial score (nSPS) is 10.4. The molecule has 88 valence electrons. The first kappa shape index (κ1) is 13.7. The Kier molecular flexibility index (Phi) is 6.06. The number of carbonyl (C=O) groups excluding carboxylic acids is 1. The van der Waals surface area contributed by atoms with Crippen molar-refractivity contribution in [3.63, 3.8) is 0 Å². The van der Waals surface area contributed by atoms with E-state index in [-0.39, 0.29) is 11.6 Å². The van der Waals surface area contributed by atoms with E-state index >= 15 is 0 Å². The number of benzene rings is 1. The molecule has 0 saturated heterocycles. The summed E-state index contributed by atoms with van der Waals surface area (Å²) in [6.45, 7) is 2.08. The summed E-state index contributed by atoms with van der Waals surface area (Å²) in [6, 6.07) is 4.42. The molecule has 0 aliphatic carbocycles. The number of hydrogen-bond donors (Lipinski definition) is 0. The van der Waals surface area contributed by atoms with E-state index in [1.165, 1.54) is 12.1 Å². The topological polar surface area (TPSA) is 17.1 Å². The second-order valence-electron chi connectivity index (χ2n) is 3.50. The third kappa shape index (κ3) is 4.66. The van der Waals surface area contributed by atoms with Gasteiger partial charge in [-0.1, -0.05) is 22.9 Å². The van der Waals surface area contributed by atoms with Crippen LogP contribution in [0.4, 0.5) is 4.39 Å². The average Bonchev–Trinajstić information content (AvgIpc) is 2.24. The van der Waals surface area contributed by atoms with Crippen LogP contribution in [-0.2, 0) is 11.2 Å². The van der Waals surface area contributed by atoms with Gasteiger partial charge in [0.15, 0.2) is 0 Å². The van der Waals surface area contributed by atoms with Crippen LogP contribution in [0, 0.1) is 5.82 Å². The van der Waals surface area contributed by atoms with Gasteiger partial charge in [0.25, 0.3) is 0 Å². The molecule has 1 aromatic rings. The van der Waals surface area contributed by atoms with E-state index in [1.54, 1.807) is 17.8 Å². The zero-order valence-corrected chi connectivity index (χ0v) is 11.5. The third-order valence-corrected chi connectivity index (χ3v) is 4.00. The van der Waals surface area contributed by atoms with Crippen molar-refractivity contribution in [1.82, 2.24) is 0 Å². The highest BCUT2D eigenvalue weighted by atomic mass is 79.9. The average molecular weight is 305 g/mol. The first-order valence-corrected chi connectivity index (χ1v) is 7.11. The summed E-state index contributed by atoms with van der Waals surface area (Å²) < 4.78 is 13.8. The van der Waals surface area contributed by atoms with E-state index in [1.807, 2.05) is 0 Å². The molecule has 0 atom stereocenters. The summed E-state index contributed by atoms with van der Waals surface area (Å²) in [5.74, 6) is 1.35. The fourth-order valence-electron chi connectivity index (χ4n) is 1.27. The molecule has 0 spiro atoms. The van der Waals surface area contributed by atoms with Crippen molar-refractivity contribution in [2.75, 3.05) is 11.5 Å². The van der Waals surface area contributed by atoms with Crippen molar-refractivity contribution in [2.24, 2.45) is 0 Å². The van der Waals surface area contributed by atoms with Gasteiger partial charge in [-0.25, -0.2) is 4.39 Å². The Balaban J connectivity index is 2.52. The van der Waals surface area contributed by atoms with Gasteiger partial charge >= 0.3 is 0 Å². The molecule has 0 heterocycles. The van der Waals surface area contributed by atoms with Crippen LogP contribution in [0.25, 0.3) is 0 Å². The summed E-state index contributed by atoms with van der Waals surface area (Å²) in [5.41, 5.74) is 0.724. The summed E-state index contributed by atoms with van der Waals surface area (Å²) in [7, 11) is 0. The van der Waals surface area contributed by atoms with Gasteiger partial charge < -0.3 is 0 Å². The molecular weight excluding hydrogens is 291 g/mol. The van der Waals surface area contributed by atoms with Crippen molar-refractivity contribution >= 4 is 33.5 Å². The van der Waals surface area contributed by atoms with Crippen LogP contribution < -0.4 is 0 Å². The Morgan fingerprint density at radius 1 is 1.50 bits per heavy atom. The number of thioether (sulfide) groups is 1. The van der Waals surface area contributed by atoms with Crippen molar-refractivity contribution in [2.45, 2.75) is 19.8 Å². The van der Waals surface area contributed by atoms with Crippen LogP contribution in [0.1, 0.15) is 18.9 Å². The third-order valence-electron chi connectivity index (χ3n) is 2.01. The largest absolute Gasteiger partial charge is 0.298 e. The van der Waals surface area contributed by atoms with Crippen molar-refractivity contribution in [3.8, 4) is 0 Å². The van der Waals surface area contributed by atoms with Crippen LogP contribution in [0.15, 0.2) is 22.7 Å². The standard InChI is InChI=1S/C12H14BrFOS/c1-2-5-16-8-11(15)7-9-6-10(14)3-4-12(9)13/h3-4,6H,2,5,7-8H2,1H3. The first-order valence-electron chi connectivity index (χ1n) is 5.17. The molecule has 1 rings (SSSR count). The summed E-state index contributed by atoms with van der Waals surface area (Å²) in [6.07, 6.45) is 1.37. The Morgan fingerprint density at radius 2 is 2.25 bits per heavy atom. The lowest BCUT2D eigenvalue weighted by Crippen LogP contribution is -2.07. The van der Waals surface area contributed by atoms with Gasteiger partial charge in [0.1, 0.15) is 11.6 Å². The number of rotatable bonds is 6. The maximum atomic E-state index is 13.0. The molecule has 0 aliphatic rings. The molecule has 1 aromatic carbocycles. The lowest BCUT2D eigenvalue weighted by atomic mass is 10.1. The predicted molar refractivity (Wildman–Crippen MR) is 70.4 cm³/mol. The number of ketones is 1. The molecule has 0 radical (unpaired) electrons. The van der Waals surface area contributed by atoms with E-state index in [0.717, 1.165) is 22.2 Å². The minimum atomic E-state index is -0.299. The van der Waals surface area contributed by atoms with Crippen LogP contribution >= 0.6 is 27.7 Å². The van der Waals surface area contributed by atoms with Crippen molar-refractivity contribution in [1.29, 1.82) is 0 Å². The molecule has 4 heteroatoms. The van der Waals surface area contributed by atoms with Crippen LogP contribution in [0.3, 0.4) is 0 Å². The first-order chi connectivity index (χ1) is 7.63. The van der Waals surface area contributed by atoms with E-state index in [4.69, 9.17) is 0 Å².